The predicted molar refractivity (Wildman–Crippen MR) is 57.4 cm³/mol. The van der Waals surface area contributed by atoms with Gasteiger partial charge in [-0.3, -0.25) is 0 Å². The average molecular weight is 260 g/mol. The van der Waals surface area contributed by atoms with E-state index in [1.165, 1.54) is 12.8 Å². The number of aromatic nitrogens is 2. The number of halogens is 1. The minimum atomic E-state index is 0.524. The van der Waals surface area contributed by atoms with Crippen LogP contribution in [0.3, 0.4) is 0 Å². The van der Waals surface area contributed by atoms with Gasteiger partial charge >= 0.3 is 0 Å². The minimum absolute atomic E-state index is 0.524. The first kappa shape index (κ1) is 9.98. The fraction of sp³-hybridized carbons (Fsp3) is 0.667. The third-order valence-corrected chi connectivity index (χ3v) is 3.03. The molecule has 0 aromatic carbocycles. The van der Waals surface area contributed by atoms with Crippen LogP contribution in [-0.4, -0.2) is 22.9 Å². The van der Waals surface area contributed by atoms with Gasteiger partial charge in [0.2, 0.25) is 5.88 Å². The van der Waals surface area contributed by atoms with E-state index < -0.39 is 0 Å². The zero-order chi connectivity index (χ0) is 10.1. The molecule has 1 aliphatic rings. The molecule has 5 heteroatoms. The van der Waals surface area contributed by atoms with Gasteiger partial charge < -0.3 is 10.5 Å². The maximum atomic E-state index is 5.50. The van der Waals surface area contributed by atoms with Crippen LogP contribution >= 0.6 is 15.9 Å². The van der Waals surface area contributed by atoms with Gasteiger partial charge in [0.25, 0.3) is 0 Å². The second-order valence-corrected chi connectivity index (χ2v) is 4.33. The topological polar surface area (TPSA) is 53.1 Å². The molecule has 1 saturated carbocycles. The molecule has 1 aliphatic carbocycles. The molecule has 1 heterocycles. The van der Waals surface area contributed by atoms with Crippen LogP contribution in [0.5, 0.6) is 5.88 Å². The van der Waals surface area contributed by atoms with Gasteiger partial charge in [0.05, 0.1) is 5.69 Å². The lowest BCUT2D eigenvalue weighted by Crippen LogP contribution is -2.12. The number of hydrogen-bond acceptors (Lipinski definition) is 3. The summed E-state index contributed by atoms with van der Waals surface area (Å²) in [6, 6.07) is 0. The van der Waals surface area contributed by atoms with Crippen molar-refractivity contribution in [1.29, 1.82) is 0 Å². The van der Waals surface area contributed by atoms with Crippen molar-refractivity contribution in [3.8, 4) is 5.88 Å². The number of nitrogens with two attached hydrogens (primary N) is 1. The summed E-state index contributed by atoms with van der Waals surface area (Å²) >= 11 is 3.52. The van der Waals surface area contributed by atoms with Gasteiger partial charge in [-0.2, -0.15) is 5.10 Å². The molecule has 2 N–H and O–H groups in total. The van der Waals surface area contributed by atoms with E-state index in [0.29, 0.717) is 19.1 Å². The molecule has 0 radical (unpaired) electrons. The zero-order valence-electron chi connectivity index (χ0n) is 8.16. The van der Waals surface area contributed by atoms with E-state index in [1.54, 1.807) is 4.68 Å². The maximum Gasteiger partial charge on any atom is 0.226 e. The quantitative estimate of drug-likeness (QED) is 0.890. The van der Waals surface area contributed by atoms with Gasteiger partial charge in [0.15, 0.2) is 0 Å². The summed E-state index contributed by atoms with van der Waals surface area (Å²) in [6.45, 7) is 1.05. The van der Waals surface area contributed by atoms with Gasteiger partial charge in [-0.1, -0.05) is 0 Å². The van der Waals surface area contributed by atoms with Gasteiger partial charge in [0, 0.05) is 19.5 Å². The van der Waals surface area contributed by atoms with Crippen LogP contribution in [0.15, 0.2) is 4.47 Å². The van der Waals surface area contributed by atoms with Crippen LogP contribution in [0.4, 0.5) is 0 Å². The normalized spacial score (nSPS) is 15.9. The Morgan fingerprint density at radius 2 is 2.36 bits per heavy atom. The summed E-state index contributed by atoms with van der Waals surface area (Å²) in [7, 11) is 1.89. The first-order valence-electron chi connectivity index (χ1n) is 4.79. The molecule has 0 amide bonds. The molecular formula is C9H14BrN3O. The van der Waals surface area contributed by atoms with Crippen LogP contribution in [0.2, 0.25) is 0 Å². The number of hydrogen-bond donors (Lipinski definition) is 1. The van der Waals surface area contributed by atoms with Crippen LogP contribution in [0.25, 0.3) is 0 Å². The van der Waals surface area contributed by atoms with Crippen molar-refractivity contribution < 1.29 is 4.74 Å². The summed E-state index contributed by atoms with van der Waals surface area (Å²) in [5.74, 6) is 1.42. The Balaban J connectivity index is 2.20. The molecule has 78 valence electrons. The van der Waals surface area contributed by atoms with Crippen molar-refractivity contribution >= 4 is 15.9 Å². The highest BCUT2D eigenvalue weighted by Gasteiger charge is 2.30. The molecule has 14 heavy (non-hydrogen) atoms. The molecule has 2 rings (SSSR count). The van der Waals surface area contributed by atoms with Crippen LogP contribution < -0.4 is 10.5 Å². The van der Waals surface area contributed by atoms with E-state index in [0.717, 1.165) is 16.0 Å². The molecule has 0 bridgehead atoms. The molecule has 0 spiro atoms. The van der Waals surface area contributed by atoms with E-state index in [1.807, 2.05) is 7.05 Å². The molecule has 0 aliphatic heterocycles. The Labute approximate surface area is 91.5 Å². The third kappa shape index (κ3) is 1.79. The molecule has 0 saturated heterocycles. The highest BCUT2D eigenvalue weighted by molar-refractivity contribution is 9.10. The second kappa shape index (κ2) is 3.90. The number of nitrogens with zero attached hydrogens (tertiary/aromatic N) is 2. The van der Waals surface area contributed by atoms with Gasteiger partial charge in [-0.25, -0.2) is 4.68 Å². The number of aryl methyl sites for hydroxylation is 1. The molecular weight excluding hydrogens is 246 g/mol. The highest BCUT2D eigenvalue weighted by Crippen LogP contribution is 2.45. The van der Waals surface area contributed by atoms with E-state index in [-0.39, 0.29) is 0 Å². The standard InChI is InChI=1S/C9H14BrN3O/c1-13-9(14-5-4-11)7(10)8(12-13)6-2-3-6/h6H,2-5,11H2,1H3. The van der Waals surface area contributed by atoms with Crippen molar-refractivity contribution in [1.82, 2.24) is 9.78 Å². The fourth-order valence-electron chi connectivity index (χ4n) is 1.43. The monoisotopic (exact) mass is 259 g/mol. The number of rotatable bonds is 4. The zero-order valence-corrected chi connectivity index (χ0v) is 9.75. The van der Waals surface area contributed by atoms with Crippen molar-refractivity contribution in [3.05, 3.63) is 10.2 Å². The van der Waals surface area contributed by atoms with Gasteiger partial charge in [0.1, 0.15) is 11.1 Å². The van der Waals surface area contributed by atoms with E-state index >= 15 is 0 Å². The largest absolute Gasteiger partial charge is 0.476 e. The van der Waals surface area contributed by atoms with Crippen molar-refractivity contribution in [3.63, 3.8) is 0 Å². The summed E-state index contributed by atoms with van der Waals surface area (Å²) in [5.41, 5.74) is 6.51. The fourth-order valence-corrected chi connectivity index (χ4v) is 2.21. The van der Waals surface area contributed by atoms with Crippen molar-refractivity contribution in [2.24, 2.45) is 12.8 Å². The van der Waals surface area contributed by atoms with Crippen LogP contribution in [-0.2, 0) is 7.05 Å². The summed E-state index contributed by atoms with van der Waals surface area (Å²) < 4.78 is 8.27. The molecule has 1 fully saturated rings. The van der Waals surface area contributed by atoms with Gasteiger partial charge in [-0.05, 0) is 28.8 Å². The smallest absolute Gasteiger partial charge is 0.226 e. The third-order valence-electron chi connectivity index (χ3n) is 2.28. The Hall–Kier alpha value is -0.550. The molecule has 0 atom stereocenters. The minimum Gasteiger partial charge on any atom is -0.476 e. The van der Waals surface area contributed by atoms with Crippen LogP contribution in [0, 0.1) is 0 Å². The lowest BCUT2D eigenvalue weighted by molar-refractivity contribution is 0.297. The molecule has 1 aromatic rings. The lowest BCUT2D eigenvalue weighted by atomic mass is 10.3. The Kier molecular flexibility index (Phi) is 2.78. The Morgan fingerprint density at radius 3 is 2.93 bits per heavy atom. The first-order chi connectivity index (χ1) is 6.74. The Bertz CT molecular complexity index is 333. The van der Waals surface area contributed by atoms with E-state index in [2.05, 4.69) is 21.0 Å². The van der Waals surface area contributed by atoms with Crippen molar-refractivity contribution in [2.75, 3.05) is 13.2 Å². The maximum absolute atomic E-state index is 5.50. The van der Waals surface area contributed by atoms with Crippen molar-refractivity contribution in [2.45, 2.75) is 18.8 Å². The summed E-state index contributed by atoms with van der Waals surface area (Å²) in [6.07, 6.45) is 2.48. The number of ether oxygens (including phenoxy) is 1. The summed E-state index contributed by atoms with van der Waals surface area (Å²) in [4.78, 5) is 0. The SMILES string of the molecule is Cn1nc(C2CC2)c(Br)c1OCCN. The first-order valence-corrected chi connectivity index (χ1v) is 5.58. The highest BCUT2D eigenvalue weighted by atomic mass is 79.9. The lowest BCUT2D eigenvalue weighted by Gasteiger charge is -2.04. The van der Waals surface area contributed by atoms with Gasteiger partial charge in [-0.15, -0.1) is 0 Å². The Morgan fingerprint density at radius 1 is 1.64 bits per heavy atom. The van der Waals surface area contributed by atoms with E-state index in [9.17, 15) is 0 Å². The molecule has 1 aromatic heterocycles. The van der Waals surface area contributed by atoms with Crippen LogP contribution in [0.1, 0.15) is 24.5 Å². The molecule has 0 unspecified atom stereocenters. The average Bonchev–Trinajstić information content (AvgIpc) is 2.94. The predicted octanol–water partition coefficient (Wildman–Crippen LogP) is 1.40. The second-order valence-electron chi connectivity index (χ2n) is 3.54. The summed E-state index contributed by atoms with van der Waals surface area (Å²) in [5, 5.41) is 4.43. The van der Waals surface area contributed by atoms with E-state index in [4.69, 9.17) is 10.5 Å². The molecule has 4 nitrogen and oxygen atoms in total.